The minimum Gasteiger partial charge on any atom is -0.293 e. The highest BCUT2D eigenvalue weighted by Gasteiger charge is 2.21. The van der Waals surface area contributed by atoms with Gasteiger partial charge in [0.2, 0.25) is 10.0 Å². The number of nitrogens with zero attached hydrogens (tertiary/aromatic N) is 3. The van der Waals surface area contributed by atoms with Gasteiger partial charge in [0.05, 0.1) is 17.2 Å². The van der Waals surface area contributed by atoms with Crippen molar-refractivity contribution in [2.24, 2.45) is 0 Å². The smallest absolute Gasteiger partial charge is 0.229 e. The number of sulfonamides is 1. The van der Waals surface area contributed by atoms with Crippen LogP contribution in [0.3, 0.4) is 0 Å². The van der Waals surface area contributed by atoms with E-state index in [0.717, 1.165) is 23.3 Å². The fourth-order valence-corrected chi connectivity index (χ4v) is 4.42. The second kappa shape index (κ2) is 8.38. The zero-order valence-electron chi connectivity index (χ0n) is 16.6. The van der Waals surface area contributed by atoms with Crippen LogP contribution in [-0.4, -0.2) is 40.5 Å². The van der Waals surface area contributed by atoms with Gasteiger partial charge >= 0.3 is 0 Å². The Labute approximate surface area is 174 Å². The maximum absolute atomic E-state index is 12.9. The molecule has 7 nitrogen and oxygen atoms in total. The maximum Gasteiger partial charge on any atom is 0.229 e. The van der Waals surface area contributed by atoms with Gasteiger partial charge in [0.1, 0.15) is 5.82 Å². The molecule has 0 saturated heterocycles. The van der Waals surface area contributed by atoms with Crippen molar-refractivity contribution < 1.29 is 13.2 Å². The van der Waals surface area contributed by atoms with Crippen LogP contribution in [-0.2, 0) is 10.0 Å². The van der Waals surface area contributed by atoms with Crippen LogP contribution >= 0.6 is 11.8 Å². The molecule has 0 amide bonds. The van der Waals surface area contributed by atoms with Gasteiger partial charge in [0.25, 0.3) is 0 Å². The average molecular weight is 431 g/mol. The summed E-state index contributed by atoms with van der Waals surface area (Å²) in [6, 6.07) is 14.3. The van der Waals surface area contributed by atoms with E-state index in [0.29, 0.717) is 16.4 Å². The number of anilines is 1. The molecule has 3 rings (SSSR count). The number of para-hydroxylation sites is 1. The third-order valence-corrected chi connectivity index (χ3v) is 5.92. The fourth-order valence-electron chi connectivity index (χ4n) is 2.87. The number of Topliss-reactive ketones (excluding diaryl/α,β-unsaturated/α-hetero) is 1. The Bertz CT molecular complexity index is 1140. The van der Waals surface area contributed by atoms with E-state index in [1.54, 1.807) is 24.3 Å². The minimum absolute atomic E-state index is 0.0714. The summed E-state index contributed by atoms with van der Waals surface area (Å²) >= 11 is 1.34. The lowest BCUT2D eigenvalue weighted by Gasteiger charge is -2.14. The lowest BCUT2D eigenvalue weighted by Crippen LogP contribution is -2.15. The lowest BCUT2D eigenvalue weighted by atomic mass is 10.1. The molecule has 1 atom stereocenters. The summed E-state index contributed by atoms with van der Waals surface area (Å²) in [6.07, 6.45) is 1.08. The van der Waals surface area contributed by atoms with E-state index in [9.17, 15) is 13.2 Å². The Morgan fingerprint density at radius 1 is 1.07 bits per heavy atom. The van der Waals surface area contributed by atoms with Crippen molar-refractivity contribution in [1.82, 2.24) is 14.8 Å². The first-order chi connectivity index (χ1) is 13.7. The molecule has 0 aliphatic carbocycles. The average Bonchev–Trinajstić information content (AvgIpc) is 3.01. The Balaban J connectivity index is 1.80. The quantitative estimate of drug-likeness (QED) is 0.454. The van der Waals surface area contributed by atoms with Crippen LogP contribution in [0, 0.1) is 13.8 Å². The van der Waals surface area contributed by atoms with Gasteiger partial charge < -0.3 is 0 Å². The number of aromatic nitrogens is 3. The molecular formula is C20H22N4O3S2. The van der Waals surface area contributed by atoms with Gasteiger partial charge in [-0.3, -0.25) is 14.1 Å². The second-order valence-electron chi connectivity index (χ2n) is 6.73. The zero-order valence-corrected chi connectivity index (χ0v) is 18.2. The van der Waals surface area contributed by atoms with Gasteiger partial charge in [-0.2, -0.15) is 0 Å². The summed E-state index contributed by atoms with van der Waals surface area (Å²) in [5.74, 6) is 0.676. The zero-order chi connectivity index (χ0) is 21.2. The molecule has 0 spiro atoms. The molecule has 0 saturated carbocycles. The highest BCUT2D eigenvalue weighted by Crippen LogP contribution is 2.28. The Kier molecular flexibility index (Phi) is 6.09. The van der Waals surface area contributed by atoms with E-state index in [-0.39, 0.29) is 5.78 Å². The molecule has 29 heavy (non-hydrogen) atoms. The fraction of sp³-hybridized carbons (Fsp3) is 0.250. The number of rotatable bonds is 7. The molecule has 3 aromatic rings. The summed E-state index contributed by atoms with van der Waals surface area (Å²) in [4.78, 5) is 12.9. The summed E-state index contributed by atoms with van der Waals surface area (Å²) in [5, 5.41) is 8.68. The Morgan fingerprint density at radius 2 is 1.72 bits per heavy atom. The third kappa shape index (κ3) is 5.04. The molecule has 0 aliphatic heterocycles. The van der Waals surface area contributed by atoms with E-state index in [2.05, 4.69) is 14.9 Å². The maximum atomic E-state index is 12.9. The summed E-state index contributed by atoms with van der Waals surface area (Å²) in [6.45, 7) is 5.72. The van der Waals surface area contributed by atoms with Crippen molar-refractivity contribution in [3.05, 3.63) is 65.5 Å². The SMILES string of the molecule is Cc1ccccc1-n1c(C)nnc1SC(C)C(=O)c1ccc(NS(C)(=O)=O)cc1. The molecule has 1 aromatic heterocycles. The summed E-state index contributed by atoms with van der Waals surface area (Å²) in [7, 11) is -3.36. The van der Waals surface area contributed by atoms with Crippen molar-refractivity contribution in [2.45, 2.75) is 31.2 Å². The number of carbonyl (C=O) groups is 1. The third-order valence-electron chi connectivity index (χ3n) is 4.28. The topological polar surface area (TPSA) is 93.9 Å². The van der Waals surface area contributed by atoms with Crippen molar-refractivity contribution in [3.8, 4) is 5.69 Å². The summed E-state index contributed by atoms with van der Waals surface area (Å²) in [5.41, 5.74) is 2.99. The van der Waals surface area contributed by atoms with Gasteiger partial charge in [-0.15, -0.1) is 10.2 Å². The van der Waals surface area contributed by atoms with Gasteiger partial charge in [-0.05, 0) is 56.7 Å². The number of hydrogen-bond donors (Lipinski definition) is 1. The molecule has 9 heteroatoms. The van der Waals surface area contributed by atoms with Crippen LogP contribution in [0.4, 0.5) is 5.69 Å². The van der Waals surface area contributed by atoms with Crippen molar-refractivity contribution in [1.29, 1.82) is 0 Å². The Morgan fingerprint density at radius 3 is 2.34 bits per heavy atom. The monoisotopic (exact) mass is 430 g/mol. The van der Waals surface area contributed by atoms with Crippen molar-refractivity contribution in [3.63, 3.8) is 0 Å². The van der Waals surface area contributed by atoms with E-state index >= 15 is 0 Å². The molecule has 0 bridgehead atoms. The van der Waals surface area contributed by atoms with Crippen LogP contribution in [0.1, 0.15) is 28.7 Å². The van der Waals surface area contributed by atoms with Crippen LogP contribution in [0.2, 0.25) is 0 Å². The van der Waals surface area contributed by atoms with E-state index in [4.69, 9.17) is 0 Å². The van der Waals surface area contributed by atoms with E-state index < -0.39 is 15.3 Å². The standard InChI is InChI=1S/C20H22N4O3S2/c1-13-7-5-6-8-18(13)24-15(3)21-22-20(24)28-14(2)19(25)16-9-11-17(12-10-16)23-29(4,26)27/h5-12,14,23H,1-4H3. The van der Waals surface area contributed by atoms with Gasteiger partial charge in [0, 0.05) is 11.3 Å². The van der Waals surface area contributed by atoms with Crippen LogP contribution in [0.25, 0.3) is 5.69 Å². The predicted molar refractivity (Wildman–Crippen MR) is 115 cm³/mol. The molecule has 0 fully saturated rings. The molecule has 0 aliphatic rings. The number of thioether (sulfide) groups is 1. The first-order valence-electron chi connectivity index (χ1n) is 8.92. The van der Waals surface area contributed by atoms with Gasteiger partial charge in [-0.1, -0.05) is 30.0 Å². The molecule has 1 unspecified atom stereocenters. The van der Waals surface area contributed by atoms with E-state index in [1.807, 2.05) is 49.6 Å². The largest absolute Gasteiger partial charge is 0.293 e. The van der Waals surface area contributed by atoms with Crippen molar-refractivity contribution in [2.75, 3.05) is 11.0 Å². The molecule has 2 aromatic carbocycles. The van der Waals surface area contributed by atoms with Crippen LogP contribution < -0.4 is 4.72 Å². The highest BCUT2D eigenvalue weighted by molar-refractivity contribution is 8.00. The number of benzene rings is 2. The normalized spacial score (nSPS) is 12.6. The first-order valence-corrected chi connectivity index (χ1v) is 11.7. The number of aryl methyl sites for hydroxylation is 2. The van der Waals surface area contributed by atoms with Gasteiger partial charge in [0.15, 0.2) is 10.9 Å². The number of carbonyl (C=O) groups excluding carboxylic acids is 1. The first kappa shape index (κ1) is 21.1. The molecular weight excluding hydrogens is 408 g/mol. The second-order valence-corrected chi connectivity index (χ2v) is 9.78. The van der Waals surface area contributed by atoms with Crippen molar-refractivity contribution >= 4 is 33.3 Å². The molecule has 0 radical (unpaired) electrons. The van der Waals surface area contributed by atoms with Gasteiger partial charge in [-0.25, -0.2) is 8.42 Å². The van der Waals surface area contributed by atoms with E-state index in [1.165, 1.54) is 11.8 Å². The molecule has 1 N–H and O–H groups in total. The minimum atomic E-state index is -3.36. The molecule has 152 valence electrons. The number of nitrogens with one attached hydrogen (secondary N) is 1. The summed E-state index contributed by atoms with van der Waals surface area (Å²) < 4.78 is 26.9. The van der Waals surface area contributed by atoms with Crippen LogP contribution in [0.5, 0.6) is 0 Å². The number of ketones is 1. The highest BCUT2D eigenvalue weighted by atomic mass is 32.2. The number of hydrogen-bond acceptors (Lipinski definition) is 6. The predicted octanol–water partition coefficient (Wildman–Crippen LogP) is 3.62. The van der Waals surface area contributed by atoms with Crippen LogP contribution in [0.15, 0.2) is 53.7 Å². The lowest BCUT2D eigenvalue weighted by molar-refractivity contribution is 0.0994. The molecule has 1 heterocycles. The Hall–Kier alpha value is -2.65.